The van der Waals surface area contributed by atoms with Crippen molar-refractivity contribution >= 4 is 26.8 Å². The average molecular weight is 471 g/mol. The molecule has 7 nitrogen and oxygen atoms in total. The Hall–Kier alpha value is -3.49. The molecule has 0 bridgehead atoms. The summed E-state index contributed by atoms with van der Waals surface area (Å²) in [5.41, 5.74) is 0.687. The Balaban J connectivity index is 1.59. The lowest BCUT2D eigenvalue weighted by molar-refractivity contribution is -0.160. The normalized spacial score (nSPS) is 16.9. The second-order valence-electron chi connectivity index (χ2n) is 8.01. The number of hydrogen-bond acceptors (Lipinski definition) is 5. The first-order chi connectivity index (χ1) is 15.6. The maximum Gasteiger partial charge on any atom is 0.407 e. The first kappa shape index (κ1) is 21.4. The fourth-order valence-electron chi connectivity index (χ4n) is 3.76. The van der Waals surface area contributed by atoms with Crippen molar-refractivity contribution in [2.45, 2.75) is 36.4 Å². The van der Waals surface area contributed by atoms with E-state index in [2.05, 4.69) is 16.0 Å². The summed E-state index contributed by atoms with van der Waals surface area (Å²) in [6.45, 7) is 1.83. The van der Waals surface area contributed by atoms with Crippen LogP contribution in [0, 0.1) is 18.3 Å². The molecule has 1 N–H and O–H groups in total. The van der Waals surface area contributed by atoms with Crippen LogP contribution in [0.25, 0.3) is 28.1 Å². The fraction of sp³-hybridized carbons (Fsp3) is 0.227. The Bertz CT molecular complexity index is 1510. The average Bonchev–Trinajstić information content (AvgIpc) is 3.43. The zero-order valence-electron chi connectivity index (χ0n) is 17.2. The molecule has 0 unspecified atom stereocenters. The maximum absolute atomic E-state index is 13.2. The Morgan fingerprint density at radius 1 is 1.21 bits per heavy atom. The van der Waals surface area contributed by atoms with Crippen LogP contribution >= 0.6 is 0 Å². The van der Waals surface area contributed by atoms with Crippen molar-refractivity contribution in [3.05, 3.63) is 59.9 Å². The quantitative estimate of drug-likeness (QED) is 0.605. The minimum absolute atomic E-state index is 0.291. The highest BCUT2D eigenvalue weighted by molar-refractivity contribution is 7.89. The van der Waals surface area contributed by atoms with Crippen LogP contribution in [0.1, 0.15) is 24.1 Å². The van der Waals surface area contributed by atoms with Gasteiger partial charge in [-0.25, -0.2) is 13.4 Å². The minimum Gasteiger partial charge on any atom is -0.291 e. The fourth-order valence-corrected chi connectivity index (χ4v) is 5.15. The lowest BCUT2D eigenvalue weighted by Crippen LogP contribution is -2.47. The van der Waals surface area contributed by atoms with Gasteiger partial charge in [-0.3, -0.25) is 9.55 Å². The molecule has 2 aliphatic rings. The first-order valence-corrected chi connectivity index (χ1v) is 11.4. The zero-order valence-corrected chi connectivity index (χ0v) is 18.0. The number of sulfonamides is 1. The molecule has 5 rings (SSSR count). The monoisotopic (exact) mass is 471 g/mol. The van der Waals surface area contributed by atoms with Gasteiger partial charge in [-0.2, -0.15) is 23.2 Å². The molecule has 0 saturated heterocycles. The van der Waals surface area contributed by atoms with E-state index in [-0.39, 0.29) is 17.7 Å². The molecule has 1 saturated carbocycles. The van der Waals surface area contributed by atoms with Crippen molar-refractivity contribution in [3.8, 4) is 17.5 Å². The third-order valence-corrected chi connectivity index (χ3v) is 7.29. The van der Waals surface area contributed by atoms with E-state index in [4.69, 9.17) is 0 Å². The molecule has 11 heteroatoms. The van der Waals surface area contributed by atoms with Crippen LogP contribution in [0.5, 0.6) is 0 Å². The molecule has 3 heterocycles. The highest BCUT2D eigenvalue weighted by Gasteiger charge is 2.65. The van der Waals surface area contributed by atoms with E-state index in [0.717, 1.165) is 17.6 Å². The lowest BCUT2D eigenvalue weighted by Gasteiger charge is -2.20. The Morgan fingerprint density at radius 3 is 2.45 bits per heavy atom. The number of nitriles is 1. The predicted octanol–water partition coefficient (Wildman–Crippen LogP) is 4.06. The molecule has 168 valence electrons. The van der Waals surface area contributed by atoms with Crippen molar-refractivity contribution in [2.75, 3.05) is 0 Å². The summed E-state index contributed by atoms with van der Waals surface area (Å²) in [6, 6.07) is 8.30. The van der Waals surface area contributed by atoms with E-state index in [0.29, 0.717) is 28.0 Å². The van der Waals surface area contributed by atoms with Gasteiger partial charge in [-0.1, -0.05) is 6.08 Å². The molecule has 0 atom stereocenters. The van der Waals surface area contributed by atoms with Gasteiger partial charge in [0.1, 0.15) is 22.2 Å². The topological polar surface area (TPSA) is 101 Å². The first-order valence-electron chi connectivity index (χ1n) is 9.94. The van der Waals surface area contributed by atoms with Gasteiger partial charge < -0.3 is 0 Å². The van der Waals surface area contributed by atoms with E-state index in [1.54, 1.807) is 21.4 Å². The van der Waals surface area contributed by atoms with Gasteiger partial charge >= 0.3 is 6.18 Å². The summed E-state index contributed by atoms with van der Waals surface area (Å²) in [4.78, 5) is 8.37. The number of rotatable bonds is 5. The largest absolute Gasteiger partial charge is 0.407 e. The van der Waals surface area contributed by atoms with Gasteiger partial charge in [0, 0.05) is 23.0 Å². The standard InChI is InChI=1S/C22H16F3N5O2S/c1-13-5-7-16-17(11-26)19(30(20(16)28-13)14-3-2-4-14)18-8-6-15(12-27-18)33(31,32)29-21(9-10-21)22(23,24)25/h2-8,12,29H,9-10H2,1H3. The van der Waals surface area contributed by atoms with Crippen LogP contribution in [0.4, 0.5) is 13.2 Å². The van der Waals surface area contributed by atoms with Crippen LogP contribution in [0.3, 0.4) is 0 Å². The molecule has 1 fully saturated rings. The van der Waals surface area contributed by atoms with Gasteiger partial charge in [0.05, 0.1) is 17.0 Å². The van der Waals surface area contributed by atoms with Gasteiger partial charge in [0.15, 0.2) is 0 Å². The summed E-state index contributed by atoms with van der Waals surface area (Å²) in [5, 5.41) is 10.5. The number of nitrogens with zero attached hydrogens (tertiary/aromatic N) is 4. The Morgan fingerprint density at radius 2 is 1.94 bits per heavy atom. The zero-order chi connectivity index (χ0) is 23.6. The van der Waals surface area contributed by atoms with Crippen molar-refractivity contribution in [2.24, 2.45) is 0 Å². The van der Waals surface area contributed by atoms with Crippen LogP contribution in [-0.2, 0) is 10.0 Å². The predicted molar refractivity (Wildman–Crippen MR) is 114 cm³/mol. The SMILES string of the molecule is Cc1ccc2c(C#N)c(-c3ccc(S(=O)(=O)NC4(C(F)(F)F)CC4)cn3)n(C3=CC=C3)c2n1. The number of aryl methyl sites for hydroxylation is 1. The number of halogens is 3. The molecule has 0 spiro atoms. The molecule has 0 radical (unpaired) electrons. The molecule has 0 amide bonds. The van der Waals surface area contributed by atoms with Gasteiger partial charge in [0.2, 0.25) is 10.0 Å². The second-order valence-corrected chi connectivity index (χ2v) is 9.69. The van der Waals surface area contributed by atoms with Gasteiger partial charge in [-0.15, -0.1) is 0 Å². The van der Waals surface area contributed by atoms with Crippen molar-refractivity contribution in [1.82, 2.24) is 19.3 Å². The second kappa shape index (κ2) is 7.00. The summed E-state index contributed by atoms with van der Waals surface area (Å²) in [7, 11) is -4.44. The smallest absolute Gasteiger partial charge is 0.291 e. The Labute approximate surface area is 186 Å². The van der Waals surface area contributed by atoms with Crippen molar-refractivity contribution in [1.29, 1.82) is 5.26 Å². The number of nitrogens with one attached hydrogen (secondary N) is 1. The highest BCUT2D eigenvalue weighted by atomic mass is 32.2. The van der Waals surface area contributed by atoms with E-state index in [9.17, 15) is 26.9 Å². The molecule has 3 aromatic rings. The number of alkyl halides is 3. The number of aromatic nitrogens is 3. The van der Waals surface area contributed by atoms with Gasteiger partial charge in [0.25, 0.3) is 0 Å². The van der Waals surface area contributed by atoms with E-state index < -0.39 is 21.7 Å². The third kappa shape index (κ3) is 3.34. The van der Waals surface area contributed by atoms with E-state index in [1.807, 2.05) is 25.2 Å². The molecule has 3 aromatic heterocycles. The summed E-state index contributed by atoms with van der Waals surface area (Å²) < 4.78 is 68.3. The summed E-state index contributed by atoms with van der Waals surface area (Å²) in [5.74, 6) is 0. The van der Waals surface area contributed by atoms with Gasteiger partial charge in [-0.05, 0) is 56.2 Å². The molecular weight excluding hydrogens is 455 g/mol. The molecule has 0 aliphatic heterocycles. The minimum atomic E-state index is -4.68. The summed E-state index contributed by atoms with van der Waals surface area (Å²) in [6.07, 6.45) is 1.22. The molecule has 33 heavy (non-hydrogen) atoms. The number of hydrogen-bond donors (Lipinski definition) is 1. The van der Waals surface area contributed by atoms with Crippen LogP contribution in [0.15, 0.2) is 53.6 Å². The Kier molecular flexibility index (Phi) is 4.53. The summed E-state index contributed by atoms with van der Waals surface area (Å²) >= 11 is 0. The maximum atomic E-state index is 13.2. The molecule has 0 aromatic carbocycles. The van der Waals surface area contributed by atoms with E-state index in [1.165, 1.54) is 12.1 Å². The van der Waals surface area contributed by atoms with Crippen molar-refractivity contribution in [3.63, 3.8) is 0 Å². The number of allylic oxidation sites excluding steroid dienone is 4. The number of fused-ring (bicyclic) bond motifs is 1. The van der Waals surface area contributed by atoms with Crippen molar-refractivity contribution < 1.29 is 21.6 Å². The highest BCUT2D eigenvalue weighted by Crippen LogP contribution is 2.49. The van der Waals surface area contributed by atoms with Crippen LogP contribution in [0.2, 0.25) is 0 Å². The van der Waals surface area contributed by atoms with Crippen LogP contribution in [-0.4, -0.2) is 34.7 Å². The third-order valence-electron chi connectivity index (χ3n) is 5.77. The van der Waals surface area contributed by atoms with Crippen LogP contribution < -0.4 is 4.72 Å². The molecule has 2 aliphatic carbocycles. The lowest BCUT2D eigenvalue weighted by atomic mass is 10.1. The molecular formula is C22H16F3N5O2S. The number of pyridine rings is 2. The van der Waals surface area contributed by atoms with E-state index >= 15 is 0 Å².